The molecule has 0 saturated carbocycles. The zero-order valence-electron chi connectivity index (χ0n) is 9.85. The van der Waals surface area contributed by atoms with Crippen LogP contribution in [0.5, 0.6) is 0 Å². The first kappa shape index (κ1) is 13.2. The normalized spacial score (nSPS) is 10.8. The summed E-state index contributed by atoms with van der Waals surface area (Å²) < 4.78 is 0. The molecule has 0 atom stereocenters. The molecule has 0 aliphatic rings. The molecule has 2 N–H and O–H groups in total. The number of thiol groups is 1. The molecule has 0 amide bonds. The Kier molecular flexibility index (Phi) is 3.87. The fraction of sp³-hybridized carbons (Fsp3) is 0. The summed E-state index contributed by atoms with van der Waals surface area (Å²) in [6.07, 6.45) is 0. The molecule has 0 aromatic heterocycles. The summed E-state index contributed by atoms with van der Waals surface area (Å²) in [6, 6.07) is 16.2. The topological polar surface area (TPSA) is 74.6 Å². The van der Waals surface area contributed by atoms with Crippen LogP contribution in [-0.2, 0) is 0 Å². The summed E-state index contributed by atoms with van der Waals surface area (Å²) in [5, 5.41) is 15.3. The van der Waals surface area contributed by atoms with E-state index in [4.69, 9.17) is 10.2 Å². The van der Waals surface area contributed by atoms with E-state index >= 15 is 0 Å². The maximum Gasteiger partial charge on any atom is 0.358 e. The number of rotatable bonds is 2. The third-order valence-electron chi connectivity index (χ3n) is 2.62. The molecule has 0 fully saturated rings. The van der Waals surface area contributed by atoms with Crippen molar-refractivity contribution in [1.82, 2.24) is 0 Å². The number of carbonyl (C=O) groups is 2. The van der Waals surface area contributed by atoms with Gasteiger partial charge in [-0.2, -0.15) is 0 Å². The zero-order valence-corrected chi connectivity index (χ0v) is 10.7. The molecule has 0 unspecified atom stereocenters. The lowest BCUT2D eigenvalue weighted by Crippen LogP contribution is -2.04. The van der Waals surface area contributed by atoms with Crippen LogP contribution in [0.4, 0.5) is 9.59 Å². The van der Waals surface area contributed by atoms with Crippen molar-refractivity contribution in [3.8, 4) is 11.1 Å². The minimum absolute atomic E-state index is 0.328. The van der Waals surface area contributed by atoms with Crippen molar-refractivity contribution in [1.29, 1.82) is 0 Å². The van der Waals surface area contributed by atoms with Gasteiger partial charge in [0.2, 0.25) is 0 Å². The van der Waals surface area contributed by atoms with Crippen LogP contribution in [0, 0.1) is 0 Å². The number of hydrogen-bond donors (Lipinski definition) is 3. The quantitative estimate of drug-likeness (QED) is 0.723. The zero-order chi connectivity index (χ0) is 13.8. The molecule has 4 nitrogen and oxygen atoms in total. The predicted octanol–water partition coefficient (Wildman–Crippen LogP) is 4.07. The molecule has 2 rings (SSSR count). The first-order valence-electron chi connectivity index (χ1n) is 5.51. The van der Waals surface area contributed by atoms with Gasteiger partial charge in [0, 0.05) is 4.90 Å². The van der Waals surface area contributed by atoms with E-state index in [1.54, 1.807) is 24.3 Å². The van der Waals surface area contributed by atoms with Gasteiger partial charge in [-0.05, 0) is 34.2 Å². The highest BCUT2D eigenvalue weighted by Crippen LogP contribution is 2.38. The lowest BCUT2D eigenvalue weighted by molar-refractivity contribution is 0.216. The fourth-order valence-corrected chi connectivity index (χ4v) is 2.79. The molecule has 98 valence electrons. The second-order valence-electron chi connectivity index (χ2n) is 3.81. The van der Waals surface area contributed by atoms with Gasteiger partial charge >= 0.3 is 10.6 Å². The Morgan fingerprint density at radius 3 is 1.68 bits per heavy atom. The molecule has 0 aliphatic heterocycles. The molecule has 0 saturated heterocycles. The highest BCUT2D eigenvalue weighted by atomic mass is 32.2. The molecule has 0 radical (unpaired) electrons. The van der Waals surface area contributed by atoms with Crippen LogP contribution in [0.3, 0.4) is 0 Å². The second kappa shape index (κ2) is 5.58. The van der Waals surface area contributed by atoms with Gasteiger partial charge < -0.3 is 10.2 Å². The van der Waals surface area contributed by atoms with Crippen LogP contribution in [0.15, 0.2) is 59.5 Å². The van der Waals surface area contributed by atoms with Crippen molar-refractivity contribution in [2.24, 2.45) is 0 Å². The maximum absolute atomic E-state index is 10.9. The van der Waals surface area contributed by atoms with Crippen LogP contribution in [0.25, 0.3) is 11.1 Å². The molecule has 2 aromatic rings. The summed E-state index contributed by atoms with van der Waals surface area (Å²) in [7, 11) is -2.22. The third kappa shape index (κ3) is 2.95. The summed E-state index contributed by atoms with van der Waals surface area (Å²) in [6.45, 7) is 0. The highest BCUT2D eigenvalue weighted by Gasteiger charge is 2.22. The van der Waals surface area contributed by atoms with Crippen LogP contribution in [0.2, 0.25) is 0 Å². The minimum Gasteiger partial charge on any atom is -0.474 e. The average molecular weight is 276 g/mol. The van der Waals surface area contributed by atoms with E-state index in [1.165, 1.54) is 0 Å². The Morgan fingerprint density at radius 1 is 0.737 bits per heavy atom. The van der Waals surface area contributed by atoms with E-state index in [0.29, 0.717) is 4.90 Å². The molecular formula is C14H12O4S. The second-order valence-corrected chi connectivity index (χ2v) is 5.77. The van der Waals surface area contributed by atoms with Crippen LogP contribution in [-0.4, -0.2) is 20.8 Å². The summed E-state index contributed by atoms with van der Waals surface area (Å²) in [4.78, 5) is 22.2. The molecular weight excluding hydrogens is 264 g/mol. The van der Waals surface area contributed by atoms with E-state index < -0.39 is 21.5 Å². The molecule has 5 heteroatoms. The first-order chi connectivity index (χ1) is 9.09. The Morgan fingerprint density at radius 2 is 1.21 bits per heavy atom. The van der Waals surface area contributed by atoms with Crippen molar-refractivity contribution in [2.45, 2.75) is 4.90 Å². The smallest absolute Gasteiger partial charge is 0.358 e. The largest absolute Gasteiger partial charge is 0.474 e. The summed E-state index contributed by atoms with van der Waals surface area (Å²) in [5.74, 6) is 0. The van der Waals surface area contributed by atoms with Gasteiger partial charge in [-0.15, -0.1) is 0 Å². The van der Waals surface area contributed by atoms with Gasteiger partial charge in [0.1, 0.15) is 0 Å². The average Bonchev–Trinajstić information content (AvgIpc) is 2.40. The van der Waals surface area contributed by atoms with Crippen LogP contribution in [0.1, 0.15) is 0 Å². The van der Waals surface area contributed by atoms with E-state index in [9.17, 15) is 9.59 Å². The Balaban J connectivity index is 2.33. The standard InChI is InChI=1S/C14H12O4S/c15-13(16)19(14(17)18)12-8-6-11(7-9-12)10-4-2-1-3-5-10/h1-9,19H,(H,15,16)(H,17,18). The fourth-order valence-electron chi connectivity index (χ4n) is 1.74. The lowest BCUT2D eigenvalue weighted by atomic mass is 10.1. The van der Waals surface area contributed by atoms with Crippen LogP contribution >= 0.6 is 10.9 Å². The molecule has 0 bridgehead atoms. The van der Waals surface area contributed by atoms with Crippen molar-refractivity contribution < 1.29 is 19.8 Å². The Labute approximate surface area is 112 Å². The van der Waals surface area contributed by atoms with Gasteiger partial charge in [0.05, 0.1) is 0 Å². The summed E-state index contributed by atoms with van der Waals surface area (Å²) in [5.41, 5.74) is 1.93. The van der Waals surface area contributed by atoms with Crippen molar-refractivity contribution in [2.75, 3.05) is 0 Å². The molecule has 0 aliphatic carbocycles. The minimum atomic E-state index is -2.22. The summed E-state index contributed by atoms with van der Waals surface area (Å²) >= 11 is 0. The number of hydrogen-bond acceptors (Lipinski definition) is 2. The molecule has 19 heavy (non-hydrogen) atoms. The molecule has 2 aromatic carbocycles. The maximum atomic E-state index is 10.9. The Bertz CT molecular complexity index is 579. The van der Waals surface area contributed by atoms with Crippen molar-refractivity contribution >= 4 is 21.5 Å². The SMILES string of the molecule is O=C(O)[SH](C(=O)O)c1ccc(-c2ccccc2)cc1. The monoisotopic (exact) mass is 276 g/mol. The lowest BCUT2D eigenvalue weighted by Gasteiger charge is -2.12. The van der Waals surface area contributed by atoms with E-state index in [-0.39, 0.29) is 0 Å². The Hall–Kier alpha value is -2.27. The predicted molar refractivity (Wildman–Crippen MR) is 75.2 cm³/mol. The number of carboxylic acid groups (broad SMARTS) is 2. The molecule has 0 heterocycles. The highest BCUT2D eigenvalue weighted by molar-refractivity contribution is 8.40. The van der Waals surface area contributed by atoms with Gasteiger partial charge in [-0.3, -0.25) is 0 Å². The van der Waals surface area contributed by atoms with Crippen LogP contribution < -0.4 is 0 Å². The van der Waals surface area contributed by atoms with Gasteiger partial charge in [0.25, 0.3) is 0 Å². The van der Waals surface area contributed by atoms with E-state index in [0.717, 1.165) is 11.1 Å². The molecule has 0 spiro atoms. The van der Waals surface area contributed by atoms with E-state index in [1.807, 2.05) is 30.3 Å². The first-order valence-corrected chi connectivity index (χ1v) is 6.85. The van der Waals surface area contributed by atoms with Gasteiger partial charge in [0.15, 0.2) is 0 Å². The third-order valence-corrected chi connectivity index (χ3v) is 4.19. The van der Waals surface area contributed by atoms with Gasteiger partial charge in [-0.25, -0.2) is 9.59 Å². The van der Waals surface area contributed by atoms with Crippen molar-refractivity contribution in [3.05, 3.63) is 54.6 Å². The van der Waals surface area contributed by atoms with E-state index in [2.05, 4.69) is 0 Å². The van der Waals surface area contributed by atoms with Crippen molar-refractivity contribution in [3.63, 3.8) is 0 Å². The number of benzene rings is 2. The van der Waals surface area contributed by atoms with Gasteiger partial charge in [-0.1, -0.05) is 42.5 Å².